The summed E-state index contributed by atoms with van der Waals surface area (Å²) in [6, 6.07) is 0. The van der Waals surface area contributed by atoms with E-state index in [1.54, 1.807) is 0 Å². The lowest BCUT2D eigenvalue weighted by Crippen LogP contribution is -2.10. The van der Waals surface area contributed by atoms with E-state index in [-0.39, 0.29) is 5.78 Å². The maximum absolute atomic E-state index is 10.8. The Morgan fingerprint density at radius 3 is 2.57 bits per heavy atom. The smallest absolute Gasteiger partial charge is 0.154 e. The van der Waals surface area contributed by atoms with Gasteiger partial charge in [0.2, 0.25) is 0 Å². The Balaban J connectivity index is 3.97. The van der Waals surface area contributed by atoms with Crippen molar-refractivity contribution in [3.8, 4) is 0 Å². The average Bonchev–Trinajstić information content (AvgIpc) is 2.10. The Kier molecular flexibility index (Phi) is 7.11. The maximum atomic E-state index is 10.8. The van der Waals surface area contributed by atoms with E-state index in [0.29, 0.717) is 11.6 Å². The van der Waals surface area contributed by atoms with Crippen LogP contribution in [0.25, 0.3) is 0 Å². The van der Waals surface area contributed by atoms with Gasteiger partial charge in [-0.05, 0) is 44.7 Å². The molecule has 0 spiro atoms. The fraction of sp³-hybridized carbons (Fsp3) is 0.727. The van der Waals surface area contributed by atoms with Crippen LogP contribution in [0.4, 0.5) is 0 Å². The summed E-state index contributed by atoms with van der Waals surface area (Å²) in [4.78, 5) is 10.8. The minimum Gasteiger partial charge on any atom is -0.402 e. The van der Waals surface area contributed by atoms with Gasteiger partial charge in [0.25, 0.3) is 0 Å². The number of carbonyl (C=O) groups is 1. The summed E-state index contributed by atoms with van der Waals surface area (Å²) in [5.41, 5.74) is 11.9. The normalized spacial score (nSPS) is 14.1. The highest BCUT2D eigenvalue weighted by molar-refractivity contribution is 5.87. The molecule has 0 aliphatic carbocycles. The van der Waals surface area contributed by atoms with E-state index in [2.05, 4.69) is 6.92 Å². The van der Waals surface area contributed by atoms with Crippen molar-refractivity contribution in [3.05, 3.63) is 11.8 Å². The summed E-state index contributed by atoms with van der Waals surface area (Å²) in [5.74, 6) is 0.588. The summed E-state index contributed by atoms with van der Waals surface area (Å²) in [7, 11) is 0. The number of nitrogens with two attached hydrogens (primary N) is 2. The molecule has 0 amide bonds. The number of rotatable bonds is 7. The Labute approximate surface area is 86.5 Å². The highest BCUT2D eigenvalue weighted by Gasteiger charge is 2.07. The molecule has 0 bridgehead atoms. The van der Waals surface area contributed by atoms with E-state index in [0.717, 1.165) is 32.2 Å². The molecule has 3 nitrogen and oxygen atoms in total. The van der Waals surface area contributed by atoms with Gasteiger partial charge in [-0.2, -0.15) is 0 Å². The first-order chi connectivity index (χ1) is 6.60. The second kappa shape index (κ2) is 7.56. The van der Waals surface area contributed by atoms with Crippen LogP contribution in [0.2, 0.25) is 0 Å². The van der Waals surface area contributed by atoms with Crippen molar-refractivity contribution >= 4 is 5.78 Å². The van der Waals surface area contributed by atoms with E-state index in [1.165, 1.54) is 13.0 Å². The third-order valence-corrected chi connectivity index (χ3v) is 2.31. The summed E-state index contributed by atoms with van der Waals surface area (Å²) in [6.07, 6.45) is 5.55. The minimum atomic E-state index is 0.0242. The molecule has 0 aromatic rings. The Morgan fingerprint density at radius 2 is 2.14 bits per heavy atom. The van der Waals surface area contributed by atoms with Gasteiger partial charge in [-0.1, -0.05) is 13.3 Å². The molecule has 0 aliphatic rings. The first-order valence-electron chi connectivity index (χ1n) is 5.26. The van der Waals surface area contributed by atoms with E-state index in [9.17, 15) is 4.79 Å². The third-order valence-electron chi connectivity index (χ3n) is 2.31. The SMILES string of the molecule is CCC(CCCN)C/C(N)=C/C(C)=O. The summed E-state index contributed by atoms with van der Waals surface area (Å²) < 4.78 is 0. The van der Waals surface area contributed by atoms with Crippen LogP contribution >= 0.6 is 0 Å². The summed E-state index contributed by atoms with van der Waals surface area (Å²) >= 11 is 0. The Morgan fingerprint density at radius 1 is 1.50 bits per heavy atom. The van der Waals surface area contributed by atoms with Crippen LogP contribution in [0.5, 0.6) is 0 Å². The second-order valence-corrected chi connectivity index (χ2v) is 3.74. The number of ketones is 1. The molecule has 0 rings (SSSR count). The summed E-state index contributed by atoms with van der Waals surface area (Å²) in [5, 5.41) is 0. The number of hydrogen-bond donors (Lipinski definition) is 2. The van der Waals surface area contributed by atoms with Gasteiger partial charge < -0.3 is 11.5 Å². The maximum Gasteiger partial charge on any atom is 0.154 e. The van der Waals surface area contributed by atoms with Gasteiger partial charge in [0.05, 0.1) is 0 Å². The molecule has 0 radical (unpaired) electrons. The van der Waals surface area contributed by atoms with Crippen LogP contribution in [0, 0.1) is 5.92 Å². The van der Waals surface area contributed by atoms with E-state index in [1.807, 2.05) is 0 Å². The largest absolute Gasteiger partial charge is 0.402 e. The molecule has 0 aromatic carbocycles. The van der Waals surface area contributed by atoms with Crippen molar-refractivity contribution in [1.82, 2.24) is 0 Å². The van der Waals surface area contributed by atoms with E-state index >= 15 is 0 Å². The molecule has 0 saturated heterocycles. The molecule has 0 heterocycles. The van der Waals surface area contributed by atoms with Gasteiger partial charge in [-0.25, -0.2) is 0 Å². The predicted octanol–water partition coefficient (Wildman–Crippen LogP) is 1.57. The van der Waals surface area contributed by atoms with Crippen molar-refractivity contribution in [2.45, 2.75) is 39.5 Å². The van der Waals surface area contributed by atoms with Gasteiger partial charge in [-0.3, -0.25) is 4.79 Å². The monoisotopic (exact) mass is 198 g/mol. The van der Waals surface area contributed by atoms with Crippen LogP contribution in [0.1, 0.15) is 39.5 Å². The molecule has 0 fully saturated rings. The Bertz CT molecular complexity index is 199. The number of hydrogen-bond acceptors (Lipinski definition) is 3. The van der Waals surface area contributed by atoms with Crippen molar-refractivity contribution in [1.29, 1.82) is 0 Å². The fourth-order valence-corrected chi connectivity index (χ4v) is 1.51. The zero-order chi connectivity index (χ0) is 11.0. The zero-order valence-corrected chi connectivity index (χ0v) is 9.25. The molecule has 0 aliphatic heterocycles. The number of allylic oxidation sites excluding steroid dienone is 2. The molecule has 4 N–H and O–H groups in total. The molecule has 3 heteroatoms. The van der Waals surface area contributed by atoms with Crippen LogP contribution in [-0.2, 0) is 4.79 Å². The van der Waals surface area contributed by atoms with Crippen molar-refractivity contribution in [3.63, 3.8) is 0 Å². The minimum absolute atomic E-state index is 0.0242. The van der Waals surface area contributed by atoms with E-state index in [4.69, 9.17) is 11.5 Å². The molecule has 0 aromatic heterocycles. The van der Waals surface area contributed by atoms with Gasteiger partial charge in [-0.15, -0.1) is 0 Å². The lowest BCUT2D eigenvalue weighted by Gasteiger charge is -2.13. The summed E-state index contributed by atoms with van der Waals surface area (Å²) in [6.45, 7) is 4.39. The van der Waals surface area contributed by atoms with Gasteiger partial charge in [0.1, 0.15) is 0 Å². The third kappa shape index (κ3) is 6.66. The van der Waals surface area contributed by atoms with Crippen LogP contribution in [-0.4, -0.2) is 12.3 Å². The molecular formula is C11H22N2O. The first kappa shape index (κ1) is 13.2. The quantitative estimate of drug-likeness (QED) is 0.610. The van der Waals surface area contributed by atoms with Crippen molar-refractivity contribution in [2.24, 2.45) is 17.4 Å². The zero-order valence-electron chi connectivity index (χ0n) is 9.25. The van der Waals surface area contributed by atoms with E-state index < -0.39 is 0 Å². The van der Waals surface area contributed by atoms with Gasteiger partial charge in [0, 0.05) is 5.70 Å². The molecule has 14 heavy (non-hydrogen) atoms. The van der Waals surface area contributed by atoms with Crippen LogP contribution < -0.4 is 11.5 Å². The average molecular weight is 198 g/mol. The standard InChI is InChI=1S/C11H22N2O/c1-3-10(5-4-6-12)8-11(13)7-9(2)14/h7,10H,3-6,8,12-13H2,1-2H3/b11-7-. The fourth-order valence-electron chi connectivity index (χ4n) is 1.51. The number of carbonyl (C=O) groups excluding carboxylic acids is 1. The second-order valence-electron chi connectivity index (χ2n) is 3.74. The predicted molar refractivity (Wildman–Crippen MR) is 59.6 cm³/mol. The van der Waals surface area contributed by atoms with Crippen molar-refractivity contribution < 1.29 is 4.79 Å². The molecule has 1 unspecified atom stereocenters. The first-order valence-corrected chi connectivity index (χ1v) is 5.26. The molecule has 1 atom stereocenters. The molecule has 0 saturated carbocycles. The van der Waals surface area contributed by atoms with Crippen molar-refractivity contribution in [2.75, 3.05) is 6.54 Å². The highest BCUT2D eigenvalue weighted by Crippen LogP contribution is 2.17. The van der Waals surface area contributed by atoms with Gasteiger partial charge in [0.15, 0.2) is 5.78 Å². The van der Waals surface area contributed by atoms with Crippen LogP contribution in [0.15, 0.2) is 11.8 Å². The van der Waals surface area contributed by atoms with Gasteiger partial charge >= 0.3 is 0 Å². The highest BCUT2D eigenvalue weighted by atomic mass is 16.1. The Hall–Kier alpha value is -0.830. The van der Waals surface area contributed by atoms with Crippen LogP contribution in [0.3, 0.4) is 0 Å². The molecular weight excluding hydrogens is 176 g/mol. The lowest BCUT2D eigenvalue weighted by molar-refractivity contribution is -0.112. The lowest BCUT2D eigenvalue weighted by atomic mass is 9.95. The molecule has 82 valence electrons. The topological polar surface area (TPSA) is 69.1 Å².